The number of hydrogen-bond acceptors (Lipinski definition) is 2. The molecule has 1 fully saturated rings. The Labute approximate surface area is 125 Å². The van der Waals surface area contributed by atoms with Gasteiger partial charge in [-0.25, -0.2) is 8.78 Å². The Hall–Kier alpha value is -1.01. The predicted molar refractivity (Wildman–Crippen MR) is 77.5 cm³/mol. The highest BCUT2D eigenvalue weighted by Gasteiger charge is 2.37. The number of benzene rings is 1. The van der Waals surface area contributed by atoms with Crippen molar-refractivity contribution in [3.8, 4) is 0 Å². The van der Waals surface area contributed by atoms with Crippen LogP contribution in [0, 0.1) is 17.0 Å². The number of carbonyl (C=O) groups excluding carboxylic acids is 1. The highest BCUT2D eigenvalue weighted by molar-refractivity contribution is 9.10. The molecule has 0 radical (unpaired) electrons. The van der Waals surface area contributed by atoms with Crippen molar-refractivity contribution in [1.82, 2.24) is 5.32 Å². The first-order chi connectivity index (χ1) is 9.31. The van der Waals surface area contributed by atoms with Crippen molar-refractivity contribution >= 4 is 27.5 Å². The number of amides is 1. The van der Waals surface area contributed by atoms with Gasteiger partial charge in [0.25, 0.3) is 0 Å². The van der Waals surface area contributed by atoms with Crippen LogP contribution in [0.2, 0.25) is 0 Å². The van der Waals surface area contributed by atoms with Crippen molar-refractivity contribution in [2.45, 2.75) is 32.7 Å². The third kappa shape index (κ3) is 3.17. The predicted octanol–water partition coefficient (Wildman–Crippen LogP) is 3.44. The molecule has 0 bridgehead atoms. The molecule has 2 N–H and O–H groups in total. The lowest BCUT2D eigenvalue weighted by atomic mass is 9.77. The van der Waals surface area contributed by atoms with Gasteiger partial charge in [0.1, 0.15) is 11.6 Å². The molecule has 0 spiro atoms. The molecule has 6 heteroatoms. The van der Waals surface area contributed by atoms with Gasteiger partial charge in [0, 0.05) is 6.07 Å². The molecule has 0 saturated carbocycles. The second-order valence-electron chi connectivity index (χ2n) is 5.71. The zero-order valence-electron chi connectivity index (χ0n) is 11.4. The summed E-state index contributed by atoms with van der Waals surface area (Å²) in [6.07, 6.45) is 1.93. The van der Waals surface area contributed by atoms with Gasteiger partial charge in [-0.1, -0.05) is 13.8 Å². The van der Waals surface area contributed by atoms with Gasteiger partial charge in [-0.15, -0.1) is 0 Å². The fourth-order valence-electron chi connectivity index (χ4n) is 2.48. The van der Waals surface area contributed by atoms with Gasteiger partial charge in [0.15, 0.2) is 0 Å². The molecule has 0 aromatic heterocycles. The van der Waals surface area contributed by atoms with E-state index < -0.39 is 11.6 Å². The van der Waals surface area contributed by atoms with Crippen LogP contribution >= 0.6 is 15.9 Å². The normalized spacial score (nSPS) is 21.6. The fraction of sp³-hybridized carbons (Fsp3) is 0.500. The molecule has 1 amide bonds. The molecule has 1 aliphatic heterocycles. The highest BCUT2D eigenvalue weighted by atomic mass is 79.9. The molecule has 20 heavy (non-hydrogen) atoms. The van der Waals surface area contributed by atoms with Gasteiger partial charge >= 0.3 is 0 Å². The van der Waals surface area contributed by atoms with E-state index in [2.05, 4.69) is 26.6 Å². The van der Waals surface area contributed by atoms with Crippen LogP contribution < -0.4 is 10.6 Å². The standard InChI is InChI=1S/C14H17BrF2N2O/c1-14(2)4-3-5-18-12(14)13(20)19-11-6-8(15)9(16)7-10(11)17/h6-7,12,18H,3-5H2,1-2H3,(H,19,20). The van der Waals surface area contributed by atoms with Crippen molar-refractivity contribution in [3.05, 3.63) is 28.2 Å². The maximum Gasteiger partial charge on any atom is 0.242 e. The van der Waals surface area contributed by atoms with Crippen LogP contribution in [0.5, 0.6) is 0 Å². The lowest BCUT2D eigenvalue weighted by molar-refractivity contribution is -0.121. The maximum atomic E-state index is 13.7. The zero-order valence-corrected chi connectivity index (χ0v) is 13.0. The van der Waals surface area contributed by atoms with Crippen molar-refractivity contribution in [3.63, 3.8) is 0 Å². The van der Waals surface area contributed by atoms with Crippen LogP contribution in [-0.4, -0.2) is 18.5 Å². The minimum Gasteiger partial charge on any atom is -0.322 e. The molecule has 3 nitrogen and oxygen atoms in total. The average Bonchev–Trinajstić information content (AvgIpc) is 2.35. The third-order valence-corrected chi connectivity index (χ3v) is 4.27. The molecule has 1 heterocycles. The van der Waals surface area contributed by atoms with Crippen molar-refractivity contribution in [1.29, 1.82) is 0 Å². The first-order valence-corrected chi connectivity index (χ1v) is 7.29. The Kier molecular flexibility index (Phi) is 4.44. The van der Waals surface area contributed by atoms with E-state index in [1.54, 1.807) is 0 Å². The largest absolute Gasteiger partial charge is 0.322 e. The Bertz CT molecular complexity index is 534. The lowest BCUT2D eigenvalue weighted by Crippen LogP contribution is -2.53. The first-order valence-electron chi connectivity index (χ1n) is 6.50. The summed E-state index contributed by atoms with van der Waals surface area (Å²) in [5.74, 6) is -1.78. The molecule has 1 aromatic rings. The van der Waals surface area contributed by atoms with Crippen LogP contribution in [0.15, 0.2) is 16.6 Å². The molecule has 1 aliphatic rings. The molecule has 0 aliphatic carbocycles. The van der Waals surface area contributed by atoms with E-state index in [0.717, 1.165) is 25.5 Å². The van der Waals surface area contributed by atoms with Crippen molar-refractivity contribution in [2.75, 3.05) is 11.9 Å². The summed E-state index contributed by atoms with van der Waals surface area (Å²) in [6, 6.07) is 1.59. The van der Waals surface area contributed by atoms with Gasteiger partial charge in [-0.05, 0) is 46.8 Å². The van der Waals surface area contributed by atoms with Gasteiger partial charge in [0.05, 0.1) is 16.2 Å². The second kappa shape index (κ2) is 5.77. The van der Waals surface area contributed by atoms with Gasteiger partial charge < -0.3 is 10.6 Å². The number of carbonyl (C=O) groups is 1. The van der Waals surface area contributed by atoms with E-state index in [1.165, 1.54) is 6.07 Å². The fourth-order valence-corrected chi connectivity index (χ4v) is 2.83. The minimum absolute atomic E-state index is 0.0218. The summed E-state index contributed by atoms with van der Waals surface area (Å²) in [5, 5.41) is 5.69. The summed E-state index contributed by atoms with van der Waals surface area (Å²) in [6.45, 7) is 4.76. The van der Waals surface area contributed by atoms with E-state index in [-0.39, 0.29) is 27.5 Å². The van der Waals surface area contributed by atoms with E-state index in [1.807, 2.05) is 13.8 Å². The van der Waals surface area contributed by atoms with Crippen LogP contribution in [0.25, 0.3) is 0 Å². The van der Waals surface area contributed by atoms with Crippen LogP contribution in [0.1, 0.15) is 26.7 Å². The quantitative estimate of drug-likeness (QED) is 0.805. The molecule has 1 unspecified atom stereocenters. The molecule has 1 atom stereocenters. The SMILES string of the molecule is CC1(C)CCCNC1C(=O)Nc1cc(Br)c(F)cc1F. The molecule has 2 rings (SSSR count). The van der Waals surface area contributed by atoms with Crippen LogP contribution in [0.3, 0.4) is 0 Å². The number of piperidine rings is 1. The minimum atomic E-state index is -0.785. The number of rotatable bonds is 2. The smallest absolute Gasteiger partial charge is 0.242 e. The number of nitrogens with one attached hydrogen (secondary N) is 2. The van der Waals surface area contributed by atoms with Crippen molar-refractivity contribution in [2.24, 2.45) is 5.41 Å². The van der Waals surface area contributed by atoms with Crippen LogP contribution in [0.4, 0.5) is 14.5 Å². The van der Waals surface area contributed by atoms with Crippen LogP contribution in [-0.2, 0) is 4.79 Å². The third-order valence-electron chi connectivity index (χ3n) is 3.66. The number of halogens is 3. The lowest BCUT2D eigenvalue weighted by Gasteiger charge is -2.38. The summed E-state index contributed by atoms with van der Waals surface area (Å²) in [4.78, 5) is 12.3. The summed E-state index contributed by atoms with van der Waals surface area (Å²) in [5.41, 5.74) is -0.220. The molecule has 1 aromatic carbocycles. The topological polar surface area (TPSA) is 41.1 Å². The van der Waals surface area contributed by atoms with Crippen molar-refractivity contribution < 1.29 is 13.6 Å². The van der Waals surface area contributed by atoms with E-state index in [0.29, 0.717) is 0 Å². The maximum absolute atomic E-state index is 13.7. The Morgan fingerprint density at radius 2 is 2.10 bits per heavy atom. The second-order valence-corrected chi connectivity index (χ2v) is 6.57. The van der Waals surface area contributed by atoms with Gasteiger partial charge in [-0.2, -0.15) is 0 Å². The van der Waals surface area contributed by atoms with E-state index in [9.17, 15) is 13.6 Å². The summed E-state index contributed by atoms with van der Waals surface area (Å²) < 4.78 is 26.9. The molecular formula is C14H17BrF2N2O. The highest BCUT2D eigenvalue weighted by Crippen LogP contribution is 2.31. The molecular weight excluding hydrogens is 330 g/mol. The number of anilines is 1. The average molecular weight is 347 g/mol. The zero-order chi connectivity index (χ0) is 14.9. The van der Waals surface area contributed by atoms with E-state index >= 15 is 0 Å². The van der Waals surface area contributed by atoms with Gasteiger partial charge in [0.2, 0.25) is 5.91 Å². The number of hydrogen-bond donors (Lipinski definition) is 2. The monoisotopic (exact) mass is 346 g/mol. The first kappa shape index (κ1) is 15.4. The Balaban J connectivity index is 2.17. The Morgan fingerprint density at radius 3 is 2.75 bits per heavy atom. The summed E-state index contributed by atoms with van der Waals surface area (Å²) >= 11 is 2.98. The summed E-state index contributed by atoms with van der Waals surface area (Å²) in [7, 11) is 0. The molecule has 110 valence electrons. The van der Waals surface area contributed by atoms with Gasteiger partial charge in [-0.3, -0.25) is 4.79 Å². The Morgan fingerprint density at radius 1 is 1.40 bits per heavy atom. The van der Waals surface area contributed by atoms with E-state index in [4.69, 9.17) is 0 Å². The molecule has 1 saturated heterocycles.